The Bertz CT molecular complexity index is 1170. The fraction of sp³-hybridized carbons (Fsp3) is 0.190. The third kappa shape index (κ3) is 4.41. The van der Waals surface area contributed by atoms with Gasteiger partial charge in [-0.25, -0.2) is 4.98 Å². The Morgan fingerprint density at radius 3 is 2.79 bits per heavy atom. The molecule has 3 heterocycles. The number of imidazole rings is 1. The summed E-state index contributed by atoms with van der Waals surface area (Å²) in [6.45, 7) is 4.29. The second-order valence-corrected chi connectivity index (χ2v) is 6.86. The zero-order chi connectivity index (χ0) is 20.2. The van der Waals surface area contributed by atoms with Gasteiger partial charge in [0.1, 0.15) is 5.82 Å². The van der Waals surface area contributed by atoms with E-state index in [0.717, 1.165) is 16.8 Å². The summed E-state index contributed by atoms with van der Waals surface area (Å²) in [5, 5.41) is 4.61. The molecule has 0 aliphatic rings. The quantitative estimate of drug-likeness (QED) is 0.357. The molecule has 1 aromatic carbocycles. The standard InChI is InChI=1S/C21H19ClN6O/c1-14-6-5-7-16(12-14)13-24-28-15(2)25-18-19(28)26-21(22)27-20(18)29-11-9-17-8-3-4-10-23-17/h3-8,10,12-13H,9,11H2,1-2H3. The molecule has 0 aliphatic heterocycles. The predicted molar refractivity (Wildman–Crippen MR) is 113 cm³/mol. The monoisotopic (exact) mass is 406 g/mol. The van der Waals surface area contributed by atoms with E-state index in [-0.39, 0.29) is 5.28 Å². The average Bonchev–Trinajstić information content (AvgIpc) is 3.02. The van der Waals surface area contributed by atoms with Crippen molar-refractivity contribution in [3.8, 4) is 5.88 Å². The van der Waals surface area contributed by atoms with Crippen molar-refractivity contribution >= 4 is 29.0 Å². The summed E-state index contributed by atoms with van der Waals surface area (Å²) in [5.74, 6) is 0.999. The first kappa shape index (κ1) is 19.0. The molecule has 0 unspecified atom stereocenters. The third-order valence-electron chi connectivity index (χ3n) is 4.27. The van der Waals surface area contributed by atoms with Gasteiger partial charge in [-0.05, 0) is 43.1 Å². The highest BCUT2D eigenvalue weighted by Crippen LogP contribution is 2.24. The molecule has 4 rings (SSSR count). The molecule has 3 aromatic heterocycles. The minimum absolute atomic E-state index is 0.0808. The molecular weight excluding hydrogens is 388 g/mol. The predicted octanol–water partition coefficient (Wildman–Crippen LogP) is 4.00. The Morgan fingerprint density at radius 1 is 1.10 bits per heavy atom. The smallest absolute Gasteiger partial charge is 0.246 e. The third-order valence-corrected chi connectivity index (χ3v) is 4.44. The number of hydrogen-bond donors (Lipinski definition) is 0. The molecule has 4 aromatic rings. The van der Waals surface area contributed by atoms with Crippen molar-refractivity contribution in [2.45, 2.75) is 20.3 Å². The van der Waals surface area contributed by atoms with Crippen LogP contribution in [0.1, 0.15) is 22.6 Å². The number of hydrogen-bond acceptors (Lipinski definition) is 6. The van der Waals surface area contributed by atoms with Crippen molar-refractivity contribution < 1.29 is 4.74 Å². The number of pyridine rings is 1. The van der Waals surface area contributed by atoms with Crippen LogP contribution < -0.4 is 4.74 Å². The number of halogens is 1. The van der Waals surface area contributed by atoms with Crippen LogP contribution in [-0.4, -0.2) is 37.4 Å². The zero-order valence-corrected chi connectivity index (χ0v) is 16.8. The number of aryl methyl sites for hydroxylation is 2. The second-order valence-electron chi connectivity index (χ2n) is 6.52. The first-order chi connectivity index (χ1) is 14.1. The van der Waals surface area contributed by atoms with Crippen LogP contribution >= 0.6 is 11.6 Å². The highest BCUT2D eigenvalue weighted by Gasteiger charge is 2.16. The number of nitrogens with zero attached hydrogens (tertiary/aromatic N) is 6. The van der Waals surface area contributed by atoms with E-state index < -0.39 is 0 Å². The van der Waals surface area contributed by atoms with Crippen LogP contribution in [0.3, 0.4) is 0 Å². The lowest BCUT2D eigenvalue weighted by atomic mass is 10.2. The molecule has 0 spiro atoms. The van der Waals surface area contributed by atoms with Gasteiger partial charge in [-0.2, -0.15) is 19.7 Å². The van der Waals surface area contributed by atoms with E-state index in [2.05, 4.69) is 25.0 Å². The molecule has 0 fully saturated rings. The average molecular weight is 407 g/mol. The van der Waals surface area contributed by atoms with Crippen LogP contribution in [0.15, 0.2) is 53.8 Å². The number of benzene rings is 1. The number of aromatic nitrogens is 5. The van der Waals surface area contributed by atoms with Crippen molar-refractivity contribution in [1.29, 1.82) is 0 Å². The maximum Gasteiger partial charge on any atom is 0.246 e. The molecule has 0 atom stereocenters. The molecular formula is C21H19ClN6O. The highest BCUT2D eigenvalue weighted by atomic mass is 35.5. The Kier molecular flexibility index (Phi) is 5.48. The van der Waals surface area contributed by atoms with E-state index >= 15 is 0 Å². The molecule has 8 heteroatoms. The zero-order valence-electron chi connectivity index (χ0n) is 16.1. The lowest BCUT2D eigenvalue weighted by Gasteiger charge is -2.06. The maximum absolute atomic E-state index is 6.13. The molecule has 0 saturated heterocycles. The summed E-state index contributed by atoms with van der Waals surface area (Å²) < 4.78 is 7.48. The molecule has 0 aliphatic carbocycles. The van der Waals surface area contributed by atoms with Gasteiger partial charge < -0.3 is 4.74 Å². The van der Waals surface area contributed by atoms with E-state index in [1.807, 2.05) is 56.3 Å². The summed E-state index contributed by atoms with van der Waals surface area (Å²) in [7, 11) is 0. The summed E-state index contributed by atoms with van der Waals surface area (Å²) in [6, 6.07) is 13.8. The van der Waals surface area contributed by atoms with Crippen LogP contribution in [0.4, 0.5) is 0 Å². The van der Waals surface area contributed by atoms with E-state index in [0.29, 0.717) is 35.9 Å². The molecule has 7 nitrogen and oxygen atoms in total. The van der Waals surface area contributed by atoms with Gasteiger partial charge in [-0.15, -0.1) is 0 Å². The Labute approximate surface area is 173 Å². The Hall–Kier alpha value is -3.32. The Morgan fingerprint density at radius 2 is 2.00 bits per heavy atom. The maximum atomic E-state index is 6.13. The SMILES string of the molecule is Cc1cccc(C=Nn2c(C)nc3c(OCCc4ccccn4)nc(Cl)nc32)c1. The van der Waals surface area contributed by atoms with Gasteiger partial charge in [0.25, 0.3) is 0 Å². The Balaban J connectivity index is 1.61. The summed E-state index contributed by atoms with van der Waals surface area (Å²) in [4.78, 5) is 17.3. The van der Waals surface area contributed by atoms with Crippen LogP contribution in [0.25, 0.3) is 11.2 Å². The molecule has 0 bridgehead atoms. The van der Waals surface area contributed by atoms with E-state index in [4.69, 9.17) is 16.3 Å². The van der Waals surface area contributed by atoms with Gasteiger partial charge >= 0.3 is 0 Å². The van der Waals surface area contributed by atoms with Gasteiger partial charge in [0, 0.05) is 18.3 Å². The van der Waals surface area contributed by atoms with Crippen molar-refractivity contribution in [1.82, 2.24) is 24.6 Å². The fourth-order valence-corrected chi connectivity index (χ4v) is 3.07. The molecule has 29 heavy (non-hydrogen) atoms. The first-order valence-electron chi connectivity index (χ1n) is 9.16. The normalized spacial score (nSPS) is 11.4. The van der Waals surface area contributed by atoms with Gasteiger partial charge in [-0.1, -0.05) is 35.9 Å². The van der Waals surface area contributed by atoms with Crippen LogP contribution in [0.2, 0.25) is 5.28 Å². The van der Waals surface area contributed by atoms with E-state index in [1.165, 1.54) is 0 Å². The number of rotatable bonds is 6. The van der Waals surface area contributed by atoms with Crippen molar-refractivity contribution in [2.24, 2.45) is 5.10 Å². The van der Waals surface area contributed by atoms with Crippen LogP contribution in [-0.2, 0) is 6.42 Å². The minimum Gasteiger partial charge on any atom is -0.476 e. The number of fused-ring (bicyclic) bond motifs is 1. The topological polar surface area (TPSA) is 78.1 Å². The van der Waals surface area contributed by atoms with Gasteiger partial charge in [0.2, 0.25) is 11.2 Å². The second kappa shape index (κ2) is 8.36. The molecule has 0 saturated carbocycles. The highest BCUT2D eigenvalue weighted by molar-refractivity contribution is 6.28. The van der Waals surface area contributed by atoms with Crippen LogP contribution in [0, 0.1) is 13.8 Å². The lowest BCUT2D eigenvalue weighted by Crippen LogP contribution is -2.05. The first-order valence-corrected chi connectivity index (χ1v) is 9.54. The van der Waals surface area contributed by atoms with Gasteiger partial charge in [0.05, 0.1) is 12.8 Å². The van der Waals surface area contributed by atoms with Crippen LogP contribution in [0.5, 0.6) is 5.88 Å². The van der Waals surface area contributed by atoms with Gasteiger partial charge in [-0.3, -0.25) is 4.98 Å². The molecule has 0 amide bonds. The molecule has 0 radical (unpaired) electrons. The summed E-state index contributed by atoms with van der Waals surface area (Å²) >= 11 is 6.13. The van der Waals surface area contributed by atoms with Crippen molar-refractivity contribution in [2.75, 3.05) is 6.61 Å². The molecule has 146 valence electrons. The summed E-state index contributed by atoms with van der Waals surface area (Å²) in [5.41, 5.74) is 4.11. The van der Waals surface area contributed by atoms with E-state index in [1.54, 1.807) is 17.1 Å². The van der Waals surface area contributed by atoms with Crippen molar-refractivity contribution in [3.63, 3.8) is 0 Å². The fourth-order valence-electron chi connectivity index (χ4n) is 2.92. The summed E-state index contributed by atoms with van der Waals surface area (Å²) in [6.07, 6.45) is 4.17. The minimum atomic E-state index is 0.0808. The lowest BCUT2D eigenvalue weighted by molar-refractivity contribution is 0.311. The number of ether oxygens (including phenoxy) is 1. The van der Waals surface area contributed by atoms with E-state index in [9.17, 15) is 0 Å². The largest absolute Gasteiger partial charge is 0.476 e. The molecule has 0 N–H and O–H groups in total. The van der Waals surface area contributed by atoms with Crippen molar-refractivity contribution in [3.05, 3.63) is 76.6 Å². The van der Waals surface area contributed by atoms with Gasteiger partial charge in [0.15, 0.2) is 11.2 Å².